The maximum Gasteiger partial charge on any atom is 0.184 e. The highest BCUT2D eigenvalue weighted by Crippen LogP contribution is 2.66. The maximum atomic E-state index is 12.6. The molecule has 3 fully saturated rings. The second-order valence-corrected chi connectivity index (χ2v) is 10.9. The number of alkyl halides is 1. The van der Waals surface area contributed by atoms with Crippen LogP contribution >= 0.6 is 22.6 Å². The van der Waals surface area contributed by atoms with Gasteiger partial charge in [-0.15, -0.1) is 0 Å². The number of carbonyl (C=O) groups is 2. The lowest BCUT2D eigenvalue weighted by molar-refractivity contribution is -0.159. The Labute approximate surface area is 187 Å². The molecule has 0 bridgehead atoms. The fraction of sp³-hybridized carbons (Fsp3) is 0.826. The van der Waals surface area contributed by atoms with Crippen molar-refractivity contribution in [2.24, 2.45) is 34.5 Å². The minimum absolute atomic E-state index is 0.0247. The van der Waals surface area contributed by atoms with Gasteiger partial charge in [-0.25, -0.2) is 0 Å². The van der Waals surface area contributed by atoms with Gasteiger partial charge in [-0.2, -0.15) is 0 Å². The number of Topliss-reactive ketones (excluding diaryl/α,β-unsaturated/α-hetero) is 1. The highest BCUT2D eigenvalue weighted by molar-refractivity contribution is 14.1. The lowest BCUT2D eigenvalue weighted by Gasteiger charge is -2.60. The summed E-state index contributed by atoms with van der Waals surface area (Å²) in [5, 5.41) is 11.4. The van der Waals surface area contributed by atoms with E-state index < -0.39 is 12.2 Å². The largest absolute Gasteiger partial charge is 0.393 e. The van der Waals surface area contributed by atoms with Gasteiger partial charge in [0.25, 0.3) is 0 Å². The maximum absolute atomic E-state index is 12.6. The standard InChI is InChI=1S/C23H33IO5/c1-22-10-20(29-12-28-3)17(25)8-13(22)4-5-14-15-6-7-16(19(27)11-24)23(15,2)9-18(26)21(14)22/h8,14-16,18,20-21,26H,4-7,9-12H2,1-3H3/t14-,15-,16+,18-,20?,21+,22-,23-/m0/s1. The van der Waals surface area contributed by atoms with Crippen LogP contribution in [-0.4, -0.2) is 47.2 Å². The van der Waals surface area contributed by atoms with Gasteiger partial charge in [-0.3, -0.25) is 9.59 Å². The molecular weight excluding hydrogens is 483 g/mol. The van der Waals surface area contributed by atoms with Gasteiger partial charge in [-0.1, -0.05) is 42.0 Å². The molecule has 8 atom stereocenters. The number of aliphatic hydroxyl groups is 1. The second kappa shape index (κ2) is 7.99. The van der Waals surface area contributed by atoms with Crippen molar-refractivity contribution >= 4 is 34.2 Å². The van der Waals surface area contributed by atoms with Crippen LogP contribution < -0.4 is 0 Å². The Morgan fingerprint density at radius 3 is 2.72 bits per heavy atom. The molecule has 4 aliphatic rings. The Morgan fingerprint density at radius 1 is 1.28 bits per heavy atom. The summed E-state index contributed by atoms with van der Waals surface area (Å²) in [6.45, 7) is 4.58. The van der Waals surface area contributed by atoms with Crippen molar-refractivity contribution < 1.29 is 24.2 Å². The topological polar surface area (TPSA) is 72.8 Å². The van der Waals surface area contributed by atoms with Crippen LogP contribution in [0.2, 0.25) is 0 Å². The quantitative estimate of drug-likeness (QED) is 0.343. The predicted octanol–water partition coefficient (Wildman–Crippen LogP) is 3.71. The molecule has 0 heterocycles. The van der Waals surface area contributed by atoms with Gasteiger partial charge in [0.15, 0.2) is 5.78 Å². The van der Waals surface area contributed by atoms with E-state index in [0.29, 0.717) is 34.9 Å². The number of allylic oxidation sites excluding steroid dienone is 1. The monoisotopic (exact) mass is 516 g/mol. The van der Waals surface area contributed by atoms with Crippen molar-refractivity contribution in [2.45, 2.75) is 64.6 Å². The number of carbonyl (C=O) groups excluding carboxylic acids is 2. The van der Waals surface area contributed by atoms with Gasteiger partial charge >= 0.3 is 0 Å². The average Bonchev–Trinajstić information content (AvgIpc) is 3.02. The van der Waals surface area contributed by atoms with E-state index in [9.17, 15) is 14.7 Å². The Balaban J connectivity index is 1.65. The molecule has 1 N–H and O–H groups in total. The zero-order chi connectivity index (χ0) is 21.0. The normalized spacial score (nSPS) is 46.5. The molecular formula is C23H33IO5. The zero-order valence-corrected chi connectivity index (χ0v) is 19.8. The minimum Gasteiger partial charge on any atom is -0.393 e. The van der Waals surface area contributed by atoms with Crippen molar-refractivity contribution in [1.82, 2.24) is 0 Å². The number of fused-ring (bicyclic) bond motifs is 5. The zero-order valence-electron chi connectivity index (χ0n) is 17.7. The number of hydrogen-bond donors (Lipinski definition) is 1. The van der Waals surface area contributed by atoms with E-state index in [0.717, 1.165) is 25.7 Å². The first kappa shape index (κ1) is 21.9. The molecule has 5 nitrogen and oxygen atoms in total. The summed E-state index contributed by atoms with van der Waals surface area (Å²) in [6, 6.07) is 0. The molecule has 162 valence electrons. The predicted molar refractivity (Wildman–Crippen MR) is 118 cm³/mol. The molecule has 0 spiro atoms. The molecule has 1 unspecified atom stereocenters. The summed E-state index contributed by atoms with van der Waals surface area (Å²) in [5.74, 6) is 1.44. The van der Waals surface area contributed by atoms with Crippen molar-refractivity contribution in [3.63, 3.8) is 0 Å². The van der Waals surface area contributed by atoms with E-state index in [1.807, 2.05) is 0 Å². The van der Waals surface area contributed by atoms with Crippen LogP contribution in [0.25, 0.3) is 0 Å². The summed E-state index contributed by atoms with van der Waals surface area (Å²) in [4.78, 5) is 25.2. The Morgan fingerprint density at radius 2 is 2.03 bits per heavy atom. The molecule has 0 aromatic rings. The van der Waals surface area contributed by atoms with Gasteiger partial charge < -0.3 is 14.6 Å². The molecule has 29 heavy (non-hydrogen) atoms. The van der Waals surface area contributed by atoms with Crippen LogP contribution in [0.15, 0.2) is 11.6 Å². The number of ketones is 2. The van der Waals surface area contributed by atoms with Crippen LogP contribution in [0.5, 0.6) is 0 Å². The number of aliphatic hydroxyl groups excluding tert-OH is 1. The van der Waals surface area contributed by atoms with Crippen LogP contribution in [0.3, 0.4) is 0 Å². The minimum atomic E-state index is -0.500. The summed E-state index contributed by atoms with van der Waals surface area (Å²) < 4.78 is 11.3. The van der Waals surface area contributed by atoms with Gasteiger partial charge in [-0.05, 0) is 73.2 Å². The van der Waals surface area contributed by atoms with E-state index in [1.165, 1.54) is 5.57 Å². The van der Waals surface area contributed by atoms with Gasteiger partial charge in [0.2, 0.25) is 0 Å². The smallest absolute Gasteiger partial charge is 0.184 e. The number of rotatable bonds is 5. The van der Waals surface area contributed by atoms with Gasteiger partial charge in [0, 0.05) is 13.0 Å². The van der Waals surface area contributed by atoms with Crippen molar-refractivity contribution in [3.05, 3.63) is 11.6 Å². The first-order valence-electron chi connectivity index (χ1n) is 10.9. The van der Waals surface area contributed by atoms with Crippen LogP contribution in [-0.2, 0) is 19.1 Å². The lowest BCUT2D eigenvalue weighted by Crippen LogP contribution is -2.58. The van der Waals surface area contributed by atoms with E-state index in [2.05, 4.69) is 36.4 Å². The first-order valence-corrected chi connectivity index (χ1v) is 12.4. The third kappa shape index (κ3) is 3.37. The fourth-order valence-electron chi connectivity index (χ4n) is 7.64. The second-order valence-electron chi connectivity index (χ2n) is 10.1. The number of hydrogen-bond acceptors (Lipinski definition) is 5. The third-order valence-electron chi connectivity index (χ3n) is 8.82. The molecule has 4 aliphatic carbocycles. The summed E-state index contributed by atoms with van der Waals surface area (Å²) >= 11 is 2.18. The Bertz CT molecular complexity index is 720. The van der Waals surface area contributed by atoms with Crippen molar-refractivity contribution in [3.8, 4) is 0 Å². The number of halogens is 1. The van der Waals surface area contributed by atoms with E-state index >= 15 is 0 Å². The molecule has 6 heteroatoms. The summed E-state index contributed by atoms with van der Waals surface area (Å²) in [7, 11) is 1.56. The Hall–Kier alpha value is -0.310. The Kier molecular flexibility index (Phi) is 6.03. The lowest BCUT2D eigenvalue weighted by atomic mass is 9.45. The number of ether oxygens (including phenoxy) is 2. The number of methoxy groups -OCH3 is 1. The molecule has 0 aliphatic heterocycles. The first-order chi connectivity index (χ1) is 13.8. The highest BCUT2D eigenvalue weighted by atomic mass is 127. The molecule has 0 aromatic carbocycles. The SMILES string of the molecule is COCOC1C[C@@]2(C)C(=CC1=O)CC[C@@H]1[C@@H]2[C@@H](O)C[C@]2(C)[C@@H](C(=O)CI)CC[C@@H]12. The molecule has 0 radical (unpaired) electrons. The molecule has 0 aromatic heterocycles. The van der Waals surface area contributed by atoms with Crippen LogP contribution in [0, 0.1) is 34.5 Å². The van der Waals surface area contributed by atoms with Crippen LogP contribution in [0.1, 0.15) is 52.4 Å². The van der Waals surface area contributed by atoms with E-state index in [4.69, 9.17) is 9.47 Å². The van der Waals surface area contributed by atoms with Crippen molar-refractivity contribution in [2.75, 3.05) is 18.3 Å². The van der Waals surface area contributed by atoms with Gasteiger partial charge in [0.05, 0.1) is 10.5 Å². The molecule has 4 rings (SSSR count). The highest BCUT2D eigenvalue weighted by Gasteiger charge is 2.63. The van der Waals surface area contributed by atoms with Crippen LogP contribution in [0.4, 0.5) is 0 Å². The molecule has 3 saturated carbocycles. The summed E-state index contributed by atoms with van der Waals surface area (Å²) in [6.07, 6.45) is 6.08. The summed E-state index contributed by atoms with van der Waals surface area (Å²) in [5.41, 5.74) is 0.847. The fourth-order valence-corrected chi connectivity index (χ4v) is 8.17. The molecule has 0 saturated heterocycles. The van der Waals surface area contributed by atoms with Gasteiger partial charge in [0.1, 0.15) is 18.7 Å². The molecule has 0 amide bonds. The van der Waals surface area contributed by atoms with Crippen molar-refractivity contribution in [1.29, 1.82) is 0 Å². The third-order valence-corrected chi connectivity index (χ3v) is 9.57. The average molecular weight is 516 g/mol. The van der Waals surface area contributed by atoms with E-state index in [1.54, 1.807) is 13.2 Å². The van der Waals surface area contributed by atoms with E-state index in [-0.39, 0.29) is 35.2 Å².